The first-order valence-electron chi connectivity index (χ1n) is 6.14. The highest BCUT2D eigenvalue weighted by Crippen LogP contribution is 2.48. The van der Waals surface area contributed by atoms with E-state index in [0.717, 1.165) is 6.54 Å². The van der Waals surface area contributed by atoms with Crippen LogP contribution in [0.5, 0.6) is 0 Å². The number of nitrogens with two attached hydrogens (primary N) is 1. The van der Waals surface area contributed by atoms with Gasteiger partial charge in [0.15, 0.2) is 0 Å². The molecule has 0 aromatic carbocycles. The second-order valence-electron chi connectivity index (χ2n) is 5.00. The van der Waals surface area contributed by atoms with Crippen molar-refractivity contribution < 1.29 is 4.79 Å². The fourth-order valence-corrected chi connectivity index (χ4v) is 2.31. The summed E-state index contributed by atoms with van der Waals surface area (Å²) in [5.74, 6) is -0.120. The van der Waals surface area contributed by atoms with Gasteiger partial charge in [-0.1, -0.05) is 13.3 Å². The topological polar surface area (TPSA) is 72.9 Å². The Bertz CT molecular complexity index is 401. The molecule has 94 valence electrons. The van der Waals surface area contributed by atoms with Crippen molar-refractivity contribution in [3.63, 3.8) is 0 Å². The molecule has 17 heavy (non-hydrogen) atoms. The smallest absolute Gasteiger partial charge is 0.271 e. The van der Waals surface area contributed by atoms with Crippen molar-refractivity contribution in [1.82, 2.24) is 15.1 Å². The molecule has 0 atom stereocenters. The first kappa shape index (κ1) is 12.0. The lowest BCUT2D eigenvalue weighted by Crippen LogP contribution is -2.32. The van der Waals surface area contributed by atoms with Crippen LogP contribution in [0.3, 0.4) is 0 Å². The number of nitrogen functional groups attached to an aromatic ring is 1. The molecule has 1 saturated carbocycles. The van der Waals surface area contributed by atoms with Gasteiger partial charge in [0.2, 0.25) is 0 Å². The monoisotopic (exact) mass is 236 g/mol. The quantitative estimate of drug-likeness (QED) is 0.809. The number of nitrogens with one attached hydrogen (secondary N) is 1. The van der Waals surface area contributed by atoms with E-state index in [9.17, 15) is 4.79 Å². The normalized spacial score (nSPS) is 16.8. The Labute approximate surface area is 101 Å². The van der Waals surface area contributed by atoms with Crippen molar-refractivity contribution >= 4 is 11.6 Å². The highest BCUT2D eigenvalue weighted by atomic mass is 16.2. The van der Waals surface area contributed by atoms with E-state index in [1.807, 2.05) is 0 Å². The van der Waals surface area contributed by atoms with Crippen LogP contribution in [0.4, 0.5) is 5.69 Å². The highest BCUT2D eigenvalue weighted by Gasteiger charge is 2.41. The SMILES string of the molecule is CCCC1(CNC(=O)c2c(N)cnn2C)CC1. The standard InChI is InChI=1S/C12H20N4O/c1-3-4-12(5-6-12)8-14-11(17)10-9(13)7-15-16(10)2/h7H,3-6,8,13H2,1-2H3,(H,14,17). The minimum absolute atomic E-state index is 0.120. The number of anilines is 1. The summed E-state index contributed by atoms with van der Waals surface area (Å²) >= 11 is 0. The van der Waals surface area contributed by atoms with Gasteiger partial charge < -0.3 is 11.1 Å². The third-order valence-corrected chi connectivity index (χ3v) is 3.54. The van der Waals surface area contributed by atoms with Gasteiger partial charge in [0.05, 0.1) is 11.9 Å². The van der Waals surface area contributed by atoms with E-state index in [0.29, 0.717) is 16.8 Å². The molecule has 0 bridgehead atoms. The van der Waals surface area contributed by atoms with Crippen LogP contribution in [-0.4, -0.2) is 22.2 Å². The number of aromatic nitrogens is 2. The first-order chi connectivity index (χ1) is 8.08. The van der Waals surface area contributed by atoms with E-state index < -0.39 is 0 Å². The summed E-state index contributed by atoms with van der Waals surface area (Å²) in [4.78, 5) is 12.0. The summed E-state index contributed by atoms with van der Waals surface area (Å²) in [6.45, 7) is 2.94. The Morgan fingerprint density at radius 2 is 2.35 bits per heavy atom. The lowest BCUT2D eigenvalue weighted by atomic mass is 10.0. The molecule has 2 rings (SSSR count). The van der Waals surface area contributed by atoms with Gasteiger partial charge in [0.1, 0.15) is 5.69 Å². The maximum atomic E-state index is 12.0. The van der Waals surface area contributed by atoms with Gasteiger partial charge in [-0.2, -0.15) is 5.10 Å². The predicted molar refractivity (Wildman–Crippen MR) is 66.5 cm³/mol. The zero-order valence-corrected chi connectivity index (χ0v) is 10.5. The van der Waals surface area contributed by atoms with E-state index in [-0.39, 0.29) is 5.91 Å². The molecule has 0 spiro atoms. The second kappa shape index (κ2) is 4.39. The van der Waals surface area contributed by atoms with E-state index in [1.165, 1.54) is 36.6 Å². The molecule has 0 unspecified atom stereocenters. The first-order valence-corrected chi connectivity index (χ1v) is 6.14. The summed E-state index contributed by atoms with van der Waals surface area (Å²) in [5, 5.41) is 6.94. The van der Waals surface area contributed by atoms with Crippen molar-refractivity contribution in [2.45, 2.75) is 32.6 Å². The molecule has 0 aliphatic heterocycles. The van der Waals surface area contributed by atoms with Crippen molar-refractivity contribution in [3.05, 3.63) is 11.9 Å². The van der Waals surface area contributed by atoms with Crippen LogP contribution in [0.2, 0.25) is 0 Å². The summed E-state index contributed by atoms with van der Waals surface area (Å²) in [5.41, 5.74) is 6.96. The fourth-order valence-electron chi connectivity index (χ4n) is 2.31. The van der Waals surface area contributed by atoms with Gasteiger partial charge in [-0.15, -0.1) is 0 Å². The minimum atomic E-state index is -0.120. The number of rotatable bonds is 5. The number of amides is 1. The van der Waals surface area contributed by atoms with Crippen molar-refractivity contribution in [2.75, 3.05) is 12.3 Å². The number of hydrogen-bond acceptors (Lipinski definition) is 3. The zero-order valence-electron chi connectivity index (χ0n) is 10.5. The van der Waals surface area contributed by atoms with Gasteiger partial charge in [-0.3, -0.25) is 9.48 Å². The van der Waals surface area contributed by atoms with E-state index >= 15 is 0 Å². The Morgan fingerprint density at radius 3 is 2.82 bits per heavy atom. The van der Waals surface area contributed by atoms with Crippen LogP contribution in [0.15, 0.2) is 6.20 Å². The average molecular weight is 236 g/mol. The molecule has 0 radical (unpaired) electrons. The van der Waals surface area contributed by atoms with Crippen molar-refractivity contribution in [3.8, 4) is 0 Å². The maximum Gasteiger partial charge on any atom is 0.271 e. The lowest BCUT2D eigenvalue weighted by molar-refractivity contribution is 0.0935. The average Bonchev–Trinajstić information content (AvgIpc) is 2.97. The third kappa shape index (κ3) is 2.43. The Balaban J connectivity index is 1.94. The van der Waals surface area contributed by atoms with Gasteiger partial charge in [-0.25, -0.2) is 0 Å². The van der Waals surface area contributed by atoms with Crippen LogP contribution in [0.1, 0.15) is 43.1 Å². The van der Waals surface area contributed by atoms with Gasteiger partial charge >= 0.3 is 0 Å². The molecule has 1 aliphatic carbocycles. The van der Waals surface area contributed by atoms with E-state index in [2.05, 4.69) is 17.3 Å². The zero-order chi connectivity index (χ0) is 12.5. The lowest BCUT2D eigenvalue weighted by Gasteiger charge is -2.15. The number of carbonyl (C=O) groups is 1. The second-order valence-corrected chi connectivity index (χ2v) is 5.00. The number of carbonyl (C=O) groups excluding carboxylic acids is 1. The van der Waals surface area contributed by atoms with Gasteiger partial charge in [0.25, 0.3) is 5.91 Å². The molecule has 0 saturated heterocycles. The molecule has 1 fully saturated rings. The molecule has 1 amide bonds. The fraction of sp³-hybridized carbons (Fsp3) is 0.667. The summed E-state index contributed by atoms with van der Waals surface area (Å²) in [6.07, 6.45) is 6.32. The molecule has 3 N–H and O–H groups in total. The van der Waals surface area contributed by atoms with Crippen LogP contribution in [-0.2, 0) is 7.05 Å². The molecular formula is C12H20N4O. The summed E-state index contributed by atoms with van der Waals surface area (Å²) < 4.78 is 1.52. The van der Waals surface area contributed by atoms with Crippen LogP contribution < -0.4 is 11.1 Å². The number of aryl methyl sites for hydroxylation is 1. The van der Waals surface area contributed by atoms with Crippen LogP contribution in [0, 0.1) is 5.41 Å². The van der Waals surface area contributed by atoms with Gasteiger partial charge in [0, 0.05) is 13.6 Å². The molecule has 1 aromatic rings. The Hall–Kier alpha value is -1.52. The summed E-state index contributed by atoms with van der Waals surface area (Å²) in [6, 6.07) is 0. The van der Waals surface area contributed by atoms with Gasteiger partial charge in [-0.05, 0) is 24.7 Å². The Kier molecular flexibility index (Phi) is 3.09. The molecule has 1 aromatic heterocycles. The van der Waals surface area contributed by atoms with Crippen LogP contribution >= 0.6 is 0 Å². The van der Waals surface area contributed by atoms with E-state index in [1.54, 1.807) is 7.05 Å². The van der Waals surface area contributed by atoms with Crippen LogP contribution in [0.25, 0.3) is 0 Å². The Morgan fingerprint density at radius 1 is 1.65 bits per heavy atom. The molecular weight excluding hydrogens is 216 g/mol. The van der Waals surface area contributed by atoms with E-state index in [4.69, 9.17) is 5.73 Å². The highest BCUT2D eigenvalue weighted by molar-refractivity contribution is 5.97. The number of hydrogen-bond donors (Lipinski definition) is 2. The molecule has 1 aliphatic rings. The number of nitrogens with zero attached hydrogens (tertiary/aromatic N) is 2. The van der Waals surface area contributed by atoms with Crippen molar-refractivity contribution in [1.29, 1.82) is 0 Å². The molecule has 1 heterocycles. The predicted octanol–water partition coefficient (Wildman–Crippen LogP) is 1.31. The molecule has 5 heteroatoms. The summed E-state index contributed by atoms with van der Waals surface area (Å²) in [7, 11) is 1.73. The largest absolute Gasteiger partial charge is 0.396 e. The minimum Gasteiger partial charge on any atom is -0.396 e. The maximum absolute atomic E-state index is 12.0. The molecule has 5 nitrogen and oxygen atoms in total. The van der Waals surface area contributed by atoms with Crippen molar-refractivity contribution in [2.24, 2.45) is 12.5 Å². The third-order valence-electron chi connectivity index (χ3n) is 3.54.